The van der Waals surface area contributed by atoms with Crippen LogP contribution in [0.5, 0.6) is 0 Å². The van der Waals surface area contributed by atoms with E-state index >= 15 is 0 Å². The molecule has 1 nitrogen and oxygen atoms in total. The highest BCUT2D eigenvalue weighted by atomic mass is 16.3. The third kappa shape index (κ3) is 4.62. The van der Waals surface area contributed by atoms with Crippen molar-refractivity contribution in [3.63, 3.8) is 0 Å². The third-order valence-corrected chi connectivity index (χ3v) is 10.7. The van der Waals surface area contributed by atoms with Gasteiger partial charge in [-0.2, -0.15) is 0 Å². The van der Waals surface area contributed by atoms with Gasteiger partial charge in [0.2, 0.25) is 0 Å². The lowest BCUT2D eigenvalue weighted by Gasteiger charge is -2.20. The predicted octanol–water partition coefficient (Wildman–Crippen LogP) is 14.3. The van der Waals surface area contributed by atoms with Gasteiger partial charge in [0, 0.05) is 16.3 Å². The van der Waals surface area contributed by atoms with Crippen molar-refractivity contribution in [3.8, 4) is 44.5 Å². The van der Waals surface area contributed by atoms with Crippen LogP contribution >= 0.6 is 0 Å². The summed E-state index contributed by atoms with van der Waals surface area (Å²) in [5, 5.41) is 9.87. The molecule has 0 saturated carbocycles. The number of rotatable bonds is 4. The Morgan fingerprint density at radius 3 is 1.57 bits per heavy atom. The summed E-state index contributed by atoms with van der Waals surface area (Å²) in [6.07, 6.45) is 0. The van der Waals surface area contributed by atoms with Crippen LogP contribution in [0.15, 0.2) is 174 Å². The first-order chi connectivity index (χ1) is 25.1. The molecule has 10 rings (SSSR count). The van der Waals surface area contributed by atoms with E-state index in [0.717, 1.165) is 27.7 Å². The van der Waals surface area contributed by atoms with Crippen molar-refractivity contribution < 1.29 is 4.42 Å². The highest BCUT2D eigenvalue weighted by Gasteiger charge is 2.20. The smallest absolute Gasteiger partial charge is 0.143 e. The Bertz CT molecular complexity index is 2920. The molecule has 0 unspecified atom stereocenters. The summed E-state index contributed by atoms with van der Waals surface area (Å²) in [7, 11) is 0. The van der Waals surface area contributed by atoms with Crippen LogP contribution < -0.4 is 0 Å². The molecule has 51 heavy (non-hydrogen) atoms. The van der Waals surface area contributed by atoms with E-state index in [9.17, 15) is 0 Å². The topological polar surface area (TPSA) is 13.1 Å². The zero-order chi connectivity index (χ0) is 34.1. The Labute approximate surface area is 297 Å². The second-order valence-electron chi connectivity index (χ2n) is 13.7. The van der Waals surface area contributed by atoms with Crippen molar-refractivity contribution in [1.82, 2.24) is 0 Å². The Hall–Kier alpha value is -6.44. The van der Waals surface area contributed by atoms with Gasteiger partial charge in [0.25, 0.3) is 0 Å². The van der Waals surface area contributed by atoms with Crippen LogP contribution in [0.3, 0.4) is 0 Å². The highest BCUT2D eigenvalue weighted by Crippen LogP contribution is 2.46. The SMILES string of the molecule is Cc1cc(-c2c3ccccc3c(-c3ccccc3)c3ccccc23)c(C)cc1-c1cccc(-c2cc3ccccc3c3c2oc2ccccc23)c1. The minimum Gasteiger partial charge on any atom is -0.455 e. The van der Waals surface area contributed by atoms with E-state index in [2.05, 4.69) is 178 Å². The molecule has 0 amide bonds. The molecule has 0 aliphatic carbocycles. The zero-order valence-corrected chi connectivity index (χ0v) is 28.6. The number of benzene rings is 9. The van der Waals surface area contributed by atoms with Gasteiger partial charge in [0.15, 0.2) is 0 Å². The van der Waals surface area contributed by atoms with Crippen LogP contribution in [-0.4, -0.2) is 0 Å². The monoisotopic (exact) mass is 650 g/mol. The van der Waals surface area contributed by atoms with Crippen LogP contribution in [-0.2, 0) is 0 Å². The number of fused-ring (bicyclic) bond motifs is 7. The maximum Gasteiger partial charge on any atom is 0.143 e. The minimum atomic E-state index is 0.917. The number of hydrogen-bond donors (Lipinski definition) is 0. The fourth-order valence-electron chi connectivity index (χ4n) is 8.37. The lowest BCUT2D eigenvalue weighted by molar-refractivity contribution is 0.670. The van der Waals surface area contributed by atoms with E-state index in [-0.39, 0.29) is 0 Å². The number of para-hydroxylation sites is 1. The predicted molar refractivity (Wildman–Crippen MR) is 217 cm³/mol. The van der Waals surface area contributed by atoms with Gasteiger partial charge in [0.1, 0.15) is 11.2 Å². The van der Waals surface area contributed by atoms with E-state index in [0.29, 0.717) is 0 Å². The van der Waals surface area contributed by atoms with Crippen LogP contribution in [0.4, 0.5) is 0 Å². The van der Waals surface area contributed by atoms with Crippen molar-refractivity contribution in [3.05, 3.63) is 181 Å². The fourth-order valence-corrected chi connectivity index (χ4v) is 8.37. The van der Waals surface area contributed by atoms with Gasteiger partial charge >= 0.3 is 0 Å². The second-order valence-corrected chi connectivity index (χ2v) is 13.7. The maximum atomic E-state index is 6.61. The maximum absolute atomic E-state index is 6.61. The minimum absolute atomic E-state index is 0.917. The highest BCUT2D eigenvalue weighted by molar-refractivity contribution is 6.23. The van der Waals surface area contributed by atoms with Gasteiger partial charge in [-0.1, -0.05) is 152 Å². The molecule has 240 valence electrons. The molecule has 10 aromatic rings. The lowest BCUT2D eigenvalue weighted by Crippen LogP contribution is -1.94. The number of furan rings is 1. The number of hydrogen-bond acceptors (Lipinski definition) is 1. The van der Waals surface area contributed by atoms with E-state index < -0.39 is 0 Å². The summed E-state index contributed by atoms with van der Waals surface area (Å²) in [6, 6.07) is 61.7. The molecule has 0 fully saturated rings. The first kappa shape index (κ1) is 29.5. The quantitative estimate of drug-likeness (QED) is 0.173. The average molecular weight is 651 g/mol. The van der Waals surface area contributed by atoms with Crippen LogP contribution in [0.2, 0.25) is 0 Å². The van der Waals surface area contributed by atoms with E-state index in [1.54, 1.807) is 0 Å². The van der Waals surface area contributed by atoms with Gasteiger partial charge < -0.3 is 4.42 Å². The zero-order valence-electron chi connectivity index (χ0n) is 28.6. The molecule has 0 bridgehead atoms. The lowest BCUT2D eigenvalue weighted by atomic mass is 9.83. The van der Waals surface area contributed by atoms with Crippen LogP contribution in [0.25, 0.3) is 98.8 Å². The molecule has 0 aliphatic rings. The molecule has 9 aromatic carbocycles. The molecular weight excluding hydrogens is 617 g/mol. The summed E-state index contributed by atoms with van der Waals surface area (Å²) >= 11 is 0. The Balaban J connectivity index is 1.16. The summed E-state index contributed by atoms with van der Waals surface area (Å²) < 4.78 is 6.61. The van der Waals surface area contributed by atoms with E-state index in [4.69, 9.17) is 4.42 Å². The standard InChI is InChI=1S/C50H34O/c1-31-28-44(48-40-23-10-8-21-38(40)47(33-15-4-3-5-16-33)39-22-9-11-24-41(39)48)32(2)27-43(31)34-18-14-19-35(29-34)45-30-36-17-6-7-20-37(36)49-42-25-12-13-26-46(42)51-50(45)49/h3-30H,1-2H3. The van der Waals surface area contributed by atoms with Crippen LogP contribution in [0, 0.1) is 13.8 Å². The normalized spacial score (nSPS) is 11.7. The van der Waals surface area contributed by atoms with Gasteiger partial charge in [-0.15, -0.1) is 0 Å². The summed E-state index contributed by atoms with van der Waals surface area (Å²) in [5.74, 6) is 0. The fraction of sp³-hybridized carbons (Fsp3) is 0.0400. The molecule has 1 heterocycles. The van der Waals surface area contributed by atoms with E-state index in [1.807, 2.05) is 6.07 Å². The summed E-state index contributed by atoms with van der Waals surface area (Å²) in [5.41, 5.74) is 14.2. The van der Waals surface area contributed by atoms with Crippen molar-refractivity contribution in [2.45, 2.75) is 13.8 Å². The third-order valence-electron chi connectivity index (χ3n) is 10.7. The van der Waals surface area contributed by atoms with Gasteiger partial charge in [-0.05, 0) is 114 Å². The van der Waals surface area contributed by atoms with Gasteiger partial charge in [-0.25, -0.2) is 0 Å². The molecule has 0 aliphatic heterocycles. The molecular formula is C50H34O. The second kappa shape index (κ2) is 11.6. The van der Waals surface area contributed by atoms with Crippen LogP contribution in [0.1, 0.15) is 11.1 Å². The van der Waals surface area contributed by atoms with E-state index in [1.165, 1.54) is 82.2 Å². The molecule has 1 aromatic heterocycles. The molecule has 0 spiro atoms. The largest absolute Gasteiger partial charge is 0.455 e. The summed E-state index contributed by atoms with van der Waals surface area (Å²) in [4.78, 5) is 0. The van der Waals surface area contributed by atoms with Gasteiger partial charge in [0.05, 0.1) is 0 Å². The molecule has 0 N–H and O–H groups in total. The first-order valence-corrected chi connectivity index (χ1v) is 17.7. The number of aryl methyl sites for hydroxylation is 2. The Morgan fingerprint density at radius 2 is 0.863 bits per heavy atom. The molecule has 0 saturated heterocycles. The molecule has 1 heteroatoms. The van der Waals surface area contributed by atoms with Crippen molar-refractivity contribution in [2.24, 2.45) is 0 Å². The summed E-state index contributed by atoms with van der Waals surface area (Å²) in [6.45, 7) is 4.51. The van der Waals surface area contributed by atoms with Crippen molar-refractivity contribution in [1.29, 1.82) is 0 Å². The Morgan fingerprint density at radius 1 is 0.353 bits per heavy atom. The molecule has 0 atom stereocenters. The Kier molecular flexibility index (Phi) is 6.69. The van der Waals surface area contributed by atoms with Gasteiger partial charge in [-0.3, -0.25) is 0 Å². The van der Waals surface area contributed by atoms with Crippen molar-refractivity contribution in [2.75, 3.05) is 0 Å². The molecule has 0 radical (unpaired) electrons. The first-order valence-electron chi connectivity index (χ1n) is 17.7. The average Bonchev–Trinajstić information content (AvgIpc) is 3.58. The van der Waals surface area contributed by atoms with Crippen molar-refractivity contribution >= 4 is 54.3 Å².